The van der Waals surface area contributed by atoms with Crippen LogP contribution in [0.5, 0.6) is 17.2 Å². The summed E-state index contributed by atoms with van der Waals surface area (Å²) in [5.74, 6) is 0.683. The van der Waals surface area contributed by atoms with Crippen molar-refractivity contribution < 1.29 is 23.8 Å². The molecule has 2 amide bonds. The average molecular weight is 462 g/mol. The molecule has 3 aromatic carbocycles. The molecule has 34 heavy (non-hydrogen) atoms. The summed E-state index contributed by atoms with van der Waals surface area (Å²) in [5, 5.41) is 6.52. The number of benzene rings is 3. The van der Waals surface area contributed by atoms with Crippen LogP contribution in [-0.2, 0) is 11.4 Å². The molecule has 0 saturated carbocycles. The molecule has 3 rings (SSSR count). The van der Waals surface area contributed by atoms with Crippen LogP contribution in [0.3, 0.4) is 0 Å². The van der Waals surface area contributed by atoms with E-state index in [1.165, 1.54) is 32.1 Å². The Balaban J connectivity index is 1.51. The second kappa shape index (κ2) is 12.1. The Hall–Kier alpha value is -4.33. The minimum atomic E-state index is -0.469. The van der Waals surface area contributed by atoms with E-state index < -0.39 is 11.8 Å². The minimum Gasteiger partial charge on any atom is -0.493 e. The lowest BCUT2D eigenvalue weighted by molar-refractivity contribution is -0.120. The summed E-state index contributed by atoms with van der Waals surface area (Å²) in [6, 6.07) is 20.2. The second-order valence-corrected chi connectivity index (χ2v) is 7.36. The molecule has 8 heteroatoms. The number of hydrogen-bond acceptors (Lipinski definition) is 6. The van der Waals surface area contributed by atoms with Crippen LogP contribution in [0.25, 0.3) is 0 Å². The molecule has 0 saturated heterocycles. The van der Waals surface area contributed by atoms with Crippen molar-refractivity contribution in [3.8, 4) is 17.2 Å². The first-order valence-electron chi connectivity index (χ1n) is 10.6. The Bertz CT molecular complexity index is 1160. The Morgan fingerprint density at radius 3 is 2.38 bits per heavy atom. The highest BCUT2D eigenvalue weighted by molar-refractivity contribution is 5.97. The van der Waals surface area contributed by atoms with E-state index in [4.69, 9.17) is 14.2 Å². The minimum absolute atomic E-state index is 0.240. The molecule has 176 valence electrons. The average Bonchev–Trinajstić information content (AvgIpc) is 2.87. The fourth-order valence-corrected chi connectivity index (χ4v) is 3.02. The normalized spacial score (nSPS) is 10.6. The van der Waals surface area contributed by atoms with Gasteiger partial charge >= 0.3 is 0 Å². The van der Waals surface area contributed by atoms with Gasteiger partial charge in [0.25, 0.3) is 11.8 Å². The lowest BCUT2D eigenvalue weighted by Crippen LogP contribution is -2.34. The van der Waals surface area contributed by atoms with Gasteiger partial charge in [0.2, 0.25) is 0 Å². The van der Waals surface area contributed by atoms with E-state index in [1.54, 1.807) is 12.1 Å². The molecule has 0 aliphatic carbocycles. The predicted octanol–water partition coefficient (Wildman–Crippen LogP) is 3.47. The number of amides is 2. The van der Waals surface area contributed by atoms with E-state index in [1.807, 2.05) is 55.5 Å². The number of aryl methyl sites for hydroxylation is 1. The van der Waals surface area contributed by atoms with Crippen molar-refractivity contribution >= 4 is 18.0 Å². The Morgan fingerprint density at radius 1 is 0.912 bits per heavy atom. The summed E-state index contributed by atoms with van der Waals surface area (Å²) in [6.45, 7) is 2.21. The molecular weight excluding hydrogens is 434 g/mol. The summed E-state index contributed by atoms with van der Waals surface area (Å²) < 4.78 is 16.2. The number of hydrogen-bond donors (Lipinski definition) is 2. The zero-order chi connectivity index (χ0) is 24.3. The van der Waals surface area contributed by atoms with E-state index in [9.17, 15) is 9.59 Å². The van der Waals surface area contributed by atoms with Crippen LogP contribution in [-0.4, -0.2) is 38.8 Å². The Labute approximate surface area is 198 Å². The molecule has 2 N–H and O–H groups in total. The quantitative estimate of drug-likeness (QED) is 0.356. The maximum atomic E-state index is 12.3. The molecule has 0 heterocycles. The molecular formula is C26H27N3O5. The molecule has 8 nitrogen and oxygen atoms in total. The summed E-state index contributed by atoms with van der Waals surface area (Å²) >= 11 is 0. The maximum absolute atomic E-state index is 12.3. The van der Waals surface area contributed by atoms with Crippen LogP contribution in [0.2, 0.25) is 0 Å². The van der Waals surface area contributed by atoms with Crippen molar-refractivity contribution in [2.75, 3.05) is 20.8 Å². The predicted molar refractivity (Wildman–Crippen MR) is 130 cm³/mol. The molecule has 0 radical (unpaired) electrons. The molecule has 3 aromatic rings. The summed E-state index contributed by atoms with van der Waals surface area (Å²) in [4.78, 5) is 24.4. The van der Waals surface area contributed by atoms with Crippen LogP contribution >= 0.6 is 0 Å². The van der Waals surface area contributed by atoms with Crippen LogP contribution in [0.15, 0.2) is 71.8 Å². The van der Waals surface area contributed by atoms with E-state index in [0.29, 0.717) is 35.0 Å². The van der Waals surface area contributed by atoms with Gasteiger partial charge in [-0.05, 0) is 42.8 Å². The third-order valence-corrected chi connectivity index (χ3v) is 4.88. The third kappa shape index (κ3) is 6.83. The van der Waals surface area contributed by atoms with Gasteiger partial charge < -0.3 is 19.5 Å². The SMILES string of the molecule is COc1ccc(C(=O)NCC(=O)N/N=C/c2ccccc2OCc2ccc(C)cc2)cc1OC. The van der Waals surface area contributed by atoms with E-state index in [2.05, 4.69) is 15.8 Å². The first-order chi connectivity index (χ1) is 16.5. The molecule has 0 bridgehead atoms. The summed E-state index contributed by atoms with van der Waals surface area (Å²) in [6.07, 6.45) is 1.50. The van der Waals surface area contributed by atoms with Crippen LogP contribution in [0.4, 0.5) is 0 Å². The van der Waals surface area contributed by atoms with Crippen molar-refractivity contribution in [2.45, 2.75) is 13.5 Å². The Kier molecular flexibility index (Phi) is 8.62. The van der Waals surface area contributed by atoms with Gasteiger partial charge in [-0.3, -0.25) is 9.59 Å². The topological polar surface area (TPSA) is 98.2 Å². The highest BCUT2D eigenvalue weighted by Gasteiger charge is 2.12. The zero-order valence-electron chi connectivity index (χ0n) is 19.3. The smallest absolute Gasteiger partial charge is 0.259 e. The van der Waals surface area contributed by atoms with Gasteiger partial charge in [0.15, 0.2) is 11.5 Å². The maximum Gasteiger partial charge on any atom is 0.259 e. The van der Waals surface area contributed by atoms with Gasteiger partial charge in [0.05, 0.1) is 27.0 Å². The van der Waals surface area contributed by atoms with Gasteiger partial charge in [0.1, 0.15) is 12.4 Å². The largest absolute Gasteiger partial charge is 0.493 e. The van der Waals surface area contributed by atoms with E-state index in [-0.39, 0.29) is 6.54 Å². The van der Waals surface area contributed by atoms with Gasteiger partial charge in [0, 0.05) is 11.1 Å². The lowest BCUT2D eigenvalue weighted by atomic mass is 10.1. The van der Waals surface area contributed by atoms with Gasteiger partial charge in [-0.1, -0.05) is 42.0 Å². The fraction of sp³-hybridized carbons (Fsp3) is 0.192. The third-order valence-electron chi connectivity index (χ3n) is 4.88. The molecule has 0 aromatic heterocycles. The van der Waals surface area contributed by atoms with E-state index >= 15 is 0 Å². The highest BCUT2D eigenvalue weighted by Crippen LogP contribution is 2.27. The van der Waals surface area contributed by atoms with Crippen molar-refractivity contribution in [2.24, 2.45) is 5.10 Å². The number of carbonyl (C=O) groups excluding carboxylic acids is 2. The van der Waals surface area contributed by atoms with E-state index in [0.717, 1.165) is 5.56 Å². The fourth-order valence-electron chi connectivity index (χ4n) is 3.02. The Morgan fingerprint density at radius 2 is 1.65 bits per heavy atom. The van der Waals surface area contributed by atoms with Gasteiger partial charge in [-0.25, -0.2) is 5.43 Å². The highest BCUT2D eigenvalue weighted by atomic mass is 16.5. The van der Waals surface area contributed by atoms with Crippen molar-refractivity contribution in [1.29, 1.82) is 0 Å². The van der Waals surface area contributed by atoms with Crippen molar-refractivity contribution in [1.82, 2.24) is 10.7 Å². The summed E-state index contributed by atoms with van der Waals surface area (Å²) in [7, 11) is 2.99. The second-order valence-electron chi connectivity index (χ2n) is 7.36. The van der Waals surface area contributed by atoms with Gasteiger partial charge in [-0.2, -0.15) is 5.10 Å². The molecule has 0 spiro atoms. The molecule has 0 atom stereocenters. The van der Waals surface area contributed by atoms with Crippen LogP contribution in [0, 0.1) is 6.92 Å². The first-order valence-corrected chi connectivity index (χ1v) is 10.6. The van der Waals surface area contributed by atoms with Crippen LogP contribution < -0.4 is 25.0 Å². The van der Waals surface area contributed by atoms with Crippen molar-refractivity contribution in [3.63, 3.8) is 0 Å². The first kappa shape index (κ1) is 24.3. The number of methoxy groups -OCH3 is 2. The van der Waals surface area contributed by atoms with Crippen LogP contribution in [0.1, 0.15) is 27.0 Å². The number of para-hydroxylation sites is 1. The lowest BCUT2D eigenvalue weighted by Gasteiger charge is -2.10. The number of hydrazone groups is 1. The number of nitrogens with zero attached hydrogens (tertiary/aromatic N) is 1. The number of nitrogens with one attached hydrogen (secondary N) is 2. The standard InChI is InChI=1S/C26H27N3O5/c1-18-8-10-19(11-9-18)17-34-22-7-5-4-6-21(22)15-28-29-25(30)16-27-26(31)20-12-13-23(32-2)24(14-20)33-3/h4-15H,16-17H2,1-3H3,(H,27,31)(H,29,30)/b28-15+. The zero-order valence-corrected chi connectivity index (χ0v) is 19.3. The number of rotatable bonds is 10. The summed E-state index contributed by atoms with van der Waals surface area (Å²) in [5.41, 5.74) is 5.69. The van der Waals surface area contributed by atoms with Crippen molar-refractivity contribution in [3.05, 3.63) is 89.0 Å². The monoisotopic (exact) mass is 461 g/mol. The number of ether oxygens (including phenoxy) is 3. The van der Waals surface area contributed by atoms with Gasteiger partial charge in [-0.15, -0.1) is 0 Å². The molecule has 0 aliphatic heterocycles. The number of carbonyl (C=O) groups is 2. The molecule has 0 unspecified atom stereocenters. The molecule has 0 aliphatic rings. The molecule has 0 fully saturated rings.